The Morgan fingerprint density at radius 3 is 2.59 bits per heavy atom. The van der Waals surface area contributed by atoms with Crippen LogP contribution in [0.25, 0.3) is 0 Å². The number of methoxy groups -OCH3 is 1. The van der Waals surface area contributed by atoms with Crippen molar-refractivity contribution in [1.82, 2.24) is 0 Å². The Bertz CT molecular complexity index is 1050. The number of cyclic esters (lactones) is 1. The topological polar surface area (TPSA) is 103 Å². The average Bonchev–Trinajstić information content (AvgIpc) is 3.32. The highest BCUT2D eigenvalue weighted by Gasteiger charge is 2.69. The lowest BCUT2D eigenvalue weighted by Gasteiger charge is -2.66. The minimum Gasteiger partial charge on any atom is -0.472 e. The average molecular weight is 471 g/mol. The van der Waals surface area contributed by atoms with Crippen molar-refractivity contribution >= 4 is 17.7 Å². The molecule has 8 atom stereocenters. The van der Waals surface area contributed by atoms with E-state index in [1.54, 1.807) is 18.6 Å². The molecule has 1 aliphatic heterocycles. The summed E-state index contributed by atoms with van der Waals surface area (Å²) in [4.78, 5) is 38.9. The number of esters is 2. The zero-order chi connectivity index (χ0) is 24.6. The first-order valence-corrected chi connectivity index (χ1v) is 12.2. The van der Waals surface area contributed by atoms with E-state index in [2.05, 4.69) is 6.92 Å². The summed E-state index contributed by atoms with van der Waals surface area (Å²) in [6.45, 7) is 7.97. The molecule has 0 amide bonds. The molecule has 1 unspecified atom stereocenters. The molecule has 3 fully saturated rings. The Kier molecular flexibility index (Phi) is 5.18. The van der Waals surface area contributed by atoms with E-state index >= 15 is 0 Å². The van der Waals surface area contributed by atoms with Crippen LogP contribution in [0.2, 0.25) is 0 Å². The smallest absolute Gasteiger partial charge is 0.331 e. The van der Waals surface area contributed by atoms with Gasteiger partial charge in [0.05, 0.1) is 25.7 Å². The van der Waals surface area contributed by atoms with Gasteiger partial charge in [-0.15, -0.1) is 0 Å². The number of Topliss-reactive ketones (excluding diaryl/α,β-unsaturated/α-hetero) is 1. The highest BCUT2D eigenvalue weighted by atomic mass is 16.5. The number of ketones is 1. The second-order valence-electron chi connectivity index (χ2n) is 11.7. The second kappa shape index (κ2) is 7.54. The summed E-state index contributed by atoms with van der Waals surface area (Å²) in [5.41, 5.74) is -0.0462. The van der Waals surface area contributed by atoms with Gasteiger partial charge in [0, 0.05) is 40.2 Å². The number of aliphatic hydroxyl groups is 1. The van der Waals surface area contributed by atoms with Gasteiger partial charge in [-0.1, -0.05) is 27.7 Å². The van der Waals surface area contributed by atoms with Gasteiger partial charge in [-0.3, -0.25) is 9.59 Å². The van der Waals surface area contributed by atoms with Crippen LogP contribution in [0.15, 0.2) is 34.7 Å². The first kappa shape index (κ1) is 23.3. The predicted octanol–water partition coefficient (Wildman–Crippen LogP) is 4.01. The van der Waals surface area contributed by atoms with E-state index in [4.69, 9.17) is 13.9 Å². The zero-order valence-electron chi connectivity index (χ0n) is 20.5. The standard InChI is InChI=1S/C27H34O7/c1-25(2)19(12-20(28)32-5)27(4)17-6-8-26(3)18(15(17)10-16(22(25)30)23(27)31)11-21(29)34-24(26)14-7-9-33-13-14/h7,9,11,13,15-17,19,23-24,31H,6,8,10,12H2,1-5H3/t15-,16+,17+,19+,23?,24+,26-,27-/m1/s1. The third-order valence-corrected chi connectivity index (χ3v) is 9.97. The molecule has 3 saturated carbocycles. The lowest BCUT2D eigenvalue weighted by Crippen LogP contribution is -2.68. The molecule has 1 N–H and O–H groups in total. The minimum absolute atomic E-state index is 0.0116. The third-order valence-electron chi connectivity index (χ3n) is 9.97. The number of carbonyl (C=O) groups excluding carboxylic acids is 3. The highest BCUT2D eigenvalue weighted by molar-refractivity contribution is 5.90. The normalized spacial score (nSPS) is 42.7. The third kappa shape index (κ3) is 2.95. The van der Waals surface area contributed by atoms with E-state index in [1.165, 1.54) is 7.11 Å². The molecule has 7 nitrogen and oxygen atoms in total. The number of fused-ring (bicyclic) bond motifs is 6. The first-order valence-electron chi connectivity index (χ1n) is 12.2. The molecule has 2 bridgehead atoms. The van der Waals surface area contributed by atoms with Crippen molar-refractivity contribution in [3.05, 3.63) is 35.8 Å². The van der Waals surface area contributed by atoms with Gasteiger partial charge in [-0.05, 0) is 48.7 Å². The SMILES string of the molecule is COC(=O)C[C@H]1C(C)(C)C(=O)[C@@H]2C[C@H]3C4=CC(=O)O[C@@H](c5ccoc5)[C@]4(C)CC[C@@H]3[C@@]1(C)C2O. The number of aliphatic hydroxyl groups excluding tert-OH is 1. The number of hydrogen-bond donors (Lipinski definition) is 1. The molecule has 3 aliphatic carbocycles. The minimum atomic E-state index is -0.839. The molecule has 5 rings (SSSR count). The molecule has 34 heavy (non-hydrogen) atoms. The summed E-state index contributed by atoms with van der Waals surface area (Å²) in [5, 5.41) is 11.6. The summed E-state index contributed by atoms with van der Waals surface area (Å²) < 4.78 is 16.1. The number of rotatable bonds is 3. The Morgan fingerprint density at radius 1 is 1.21 bits per heavy atom. The van der Waals surface area contributed by atoms with E-state index in [-0.39, 0.29) is 35.9 Å². The molecule has 1 aromatic rings. The van der Waals surface area contributed by atoms with E-state index in [1.807, 2.05) is 26.8 Å². The summed E-state index contributed by atoms with van der Waals surface area (Å²) >= 11 is 0. The maximum absolute atomic E-state index is 13.7. The molecule has 4 aliphatic rings. The fraction of sp³-hybridized carbons (Fsp3) is 0.667. The van der Waals surface area contributed by atoms with Gasteiger partial charge in [0.15, 0.2) is 0 Å². The van der Waals surface area contributed by atoms with E-state index < -0.39 is 40.3 Å². The van der Waals surface area contributed by atoms with Gasteiger partial charge in [-0.25, -0.2) is 4.79 Å². The van der Waals surface area contributed by atoms with Gasteiger partial charge in [-0.2, -0.15) is 0 Å². The van der Waals surface area contributed by atoms with Crippen molar-refractivity contribution in [3.63, 3.8) is 0 Å². The van der Waals surface area contributed by atoms with Gasteiger partial charge >= 0.3 is 11.9 Å². The summed E-state index contributed by atoms with van der Waals surface area (Å²) in [6.07, 6.45) is 5.66. The molecule has 0 saturated heterocycles. The number of carbonyl (C=O) groups is 3. The highest BCUT2D eigenvalue weighted by Crippen LogP contribution is 2.69. The van der Waals surface area contributed by atoms with Crippen molar-refractivity contribution in [2.45, 2.75) is 65.6 Å². The van der Waals surface area contributed by atoms with Crippen molar-refractivity contribution < 1.29 is 33.4 Å². The molecule has 184 valence electrons. The van der Waals surface area contributed by atoms with Crippen LogP contribution in [0.3, 0.4) is 0 Å². The lowest BCUT2D eigenvalue weighted by molar-refractivity contribution is -0.211. The largest absolute Gasteiger partial charge is 0.472 e. The van der Waals surface area contributed by atoms with Crippen molar-refractivity contribution in [2.24, 2.45) is 39.9 Å². The molecule has 1 aromatic heterocycles. The van der Waals surface area contributed by atoms with Gasteiger partial charge < -0.3 is 19.0 Å². The maximum Gasteiger partial charge on any atom is 0.331 e. The van der Waals surface area contributed by atoms with Crippen molar-refractivity contribution in [2.75, 3.05) is 7.11 Å². The van der Waals surface area contributed by atoms with Gasteiger partial charge in [0.1, 0.15) is 11.9 Å². The Labute approximate surface area is 199 Å². The fourth-order valence-corrected chi connectivity index (χ4v) is 8.22. The Balaban J connectivity index is 1.61. The zero-order valence-corrected chi connectivity index (χ0v) is 20.5. The van der Waals surface area contributed by atoms with E-state index in [0.717, 1.165) is 24.0 Å². The molecule has 0 spiro atoms. The Morgan fingerprint density at radius 2 is 1.94 bits per heavy atom. The van der Waals surface area contributed by atoms with Crippen LogP contribution in [0.4, 0.5) is 0 Å². The van der Waals surface area contributed by atoms with Crippen LogP contribution >= 0.6 is 0 Å². The molecular formula is C27H34O7. The monoisotopic (exact) mass is 470 g/mol. The van der Waals surface area contributed by atoms with E-state index in [0.29, 0.717) is 6.42 Å². The van der Waals surface area contributed by atoms with Crippen LogP contribution in [-0.2, 0) is 23.9 Å². The number of hydrogen-bond acceptors (Lipinski definition) is 7. The quantitative estimate of drug-likeness (QED) is 0.666. The first-order chi connectivity index (χ1) is 16.0. The van der Waals surface area contributed by atoms with Crippen LogP contribution in [-0.4, -0.2) is 36.0 Å². The number of ether oxygens (including phenoxy) is 2. The molecular weight excluding hydrogens is 436 g/mol. The van der Waals surface area contributed by atoms with E-state index in [9.17, 15) is 19.5 Å². The lowest BCUT2D eigenvalue weighted by atomic mass is 9.38. The van der Waals surface area contributed by atoms with Crippen LogP contribution < -0.4 is 0 Å². The van der Waals surface area contributed by atoms with Crippen molar-refractivity contribution in [1.29, 1.82) is 0 Å². The predicted molar refractivity (Wildman–Crippen MR) is 121 cm³/mol. The summed E-state index contributed by atoms with van der Waals surface area (Å²) in [6, 6.07) is 1.83. The fourth-order valence-electron chi connectivity index (χ4n) is 8.22. The molecule has 2 heterocycles. The van der Waals surface area contributed by atoms with Crippen LogP contribution in [0, 0.1) is 39.9 Å². The molecule has 0 aromatic carbocycles. The van der Waals surface area contributed by atoms with Crippen LogP contribution in [0.1, 0.15) is 65.0 Å². The van der Waals surface area contributed by atoms with Crippen LogP contribution in [0.5, 0.6) is 0 Å². The summed E-state index contributed by atoms with van der Waals surface area (Å²) in [5.74, 6) is -1.72. The maximum atomic E-state index is 13.7. The summed E-state index contributed by atoms with van der Waals surface area (Å²) in [7, 11) is 1.35. The molecule has 0 radical (unpaired) electrons. The number of furan rings is 1. The van der Waals surface area contributed by atoms with Gasteiger partial charge in [0.25, 0.3) is 0 Å². The molecule has 7 heteroatoms. The van der Waals surface area contributed by atoms with Crippen molar-refractivity contribution in [3.8, 4) is 0 Å². The van der Waals surface area contributed by atoms with Gasteiger partial charge in [0.2, 0.25) is 0 Å². The second-order valence-corrected chi connectivity index (χ2v) is 11.7. The Hall–Kier alpha value is -2.41.